The van der Waals surface area contributed by atoms with Crippen LogP contribution in [0.2, 0.25) is 5.02 Å². The first-order valence-corrected chi connectivity index (χ1v) is 10.4. The van der Waals surface area contributed by atoms with Crippen molar-refractivity contribution in [3.63, 3.8) is 0 Å². The second kappa shape index (κ2) is 9.56. The molecule has 2 aromatic carbocycles. The van der Waals surface area contributed by atoms with Gasteiger partial charge < -0.3 is 10.6 Å². The van der Waals surface area contributed by atoms with Crippen molar-refractivity contribution in [1.29, 1.82) is 0 Å². The zero-order valence-corrected chi connectivity index (χ0v) is 16.1. The Hall–Kier alpha value is -2.09. The normalized spacial score (nSPS) is 11.3. The fourth-order valence-corrected chi connectivity index (χ4v) is 3.44. The maximum Gasteiger partial charge on any atom is 0.319 e. The van der Waals surface area contributed by atoms with E-state index in [9.17, 15) is 13.2 Å². The molecule has 0 saturated carbocycles. The van der Waals surface area contributed by atoms with Gasteiger partial charge in [0.1, 0.15) is 0 Å². The molecule has 8 heteroatoms. The van der Waals surface area contributed by atoms with Crippen LogP contribution in [0, 0.1) is 0 Å². The Labute approximate surface area is 159 Å². The van der Waals surface area contributed by atoms with Gasteiger partial charge in [0, 0.05) is 30.3 Å². The molecule has 0 saturated heterocycles. The van der Waals surface area contributed by atoms with E-state index in [1.165, 1.54) is 4.31 Å². The molecule has 2 aromatic rings. The highest BCUT2D eigenvalue weighted by molar-refractivity contribution is 7.88. The Kier molecular flexibility index (Phi) is 7.44. The lowest BCUT2D eigenvalue weighted by molar-refractivity contribution is 0.251. The van der Waals surface area contributed by atoms with Crippen LogP contribution >= 0.6 is 11.6 Å². The van der Waals surface area contributed by atoms with E-state index >= 15 is 0 Å². The molecule has 0 aliphatic rings. The molecule has 2 N–H and O–H groups in total. The number of nitrogens with zero attached hydrogens (tertiary/aromatic N) is 1. The molecule has 26 heavy (non-hydrogen) atoms. The number of sulfonamides is 1. The van der Waals surface area contributed by atoms with Crippen LogP contribution in [0.1, 0.15) is 5.56 Å². The maximum absolute atomic E-state index is 12.0. The van der Waals surface area contributed by atoms with Crippen LogP contribution in [0.4, 0.5) is 10.5 Å². The molecule has 0 fully saturated rings. The molecule has 0 heterocycles. The first-order chi connectivity index (χ1) is 12.3. The summed E-state index contributed by atoms with van der Waals surface area (Å²) in [4.78, 5) is 11.9. The summed E-state index contributed by atoms with van der Waals surface area (Å²) in [6.45, 7) is 0.726. The summed E-state index contributed by atoms with van der Waals surface area (Å²) in [5.74, 6) is 0. The monoisotopic (exact) mass is 395 g/mol. The molecule has 2 rings (SSSR count). The minimum atomic E-state index is -3.37. The van der Waals surface area contributed by atoms with Gasteiger partial charge in [-0.3, -0.25) is 0 Å². The van der Waals surface area contributed by atoms with Gasteiger partial charge in [-0.15, -0.1) is 0 Å². The Balaban J connectivity index is 1.83. The van der Waals surface area contributed by atoms with Gasteiger partial charge in [-0.25, -0.2) is 17.5 Å². The van der Waals surface area contributed by atoms with E-state index in [0.717, 1.165) is 11.8 Å². The SMILES string of the molecule is CS(=O)(=O)N(CCNC(=O)Nc1ccccc1)CCc1cccc(Cl)c1. The van der Waals surface area contributed by atoms with Crippen LogP contribution in [-0.4, -0.2) is 44.6 Å². The van der Waals surface area contributed by atoms with Gasteiger partial charge in [0.15, 0.2) is 0 Å². The Morgan fingerprint density at radius 2 is 1.81 bits per heavy atom. The molecule has 6 nitrogen and oxygen atoms in total. The van der Waals surface area contributed by atoms with E-state index < -0.39 is 10.0 Å². The van der Waals surface area contributed by atoms with Gasteiger partial charge in [-0.05, 0) is 36.2 Å². The number of anilines is 1. The molecule has 0 aliphatic carbocycles. The number of para-hydroxylation sites is 1. The lowest BCUT2D eigenvalue weighted by Crippen LogP contribution is -2.40. The zero-order valence-electron chi connectivity index (χ0n) is 14.5. The zero-order chi connectivity index (χ0) is 19.0. The summed E-state index contributed by atoms with van der Waals surface area (Å²) in [7, 11) is -3.37. The van der Waals surface area contributed by atoms with Gasteiger partial charge in [0.25, 0.3) is 0 Å². The van der Waals surface area contributed by atoms with Gasteiger partial charge in [0.2, 0.25) is 10.0 Å². The highest BCUT2D eigenvalue weighted by atomic mass is 35.5. The van der Waals surface area contributed by atoms with Crippen molar-refractivity contribution in [2.45, 2.75) is 6.42 Å². The van der Waals surface area contributed by atoms with Gasteiger partial charge in [0.05, 0.1) is 6.26 Å². The van der Waals surface area contributed by atoms with Crippen LogP contribution in [0.25, 0.3) is 0 Å². The number of halogens is 1. The second-order valence-electron chi connectivity index (χ2n) is 5.79. The third-order valence-corrected chi connectivity index (χ3v) is 5.22. The Morgan fingerprint density at radius 1 is 1.08 bits per heavy atom. The number of hydrogen-bond donors (Lipinski definition) is 2. The third-order valence-electron chi connectivity index (χ3n) is 3.69. The number of nitrogens with one attached hydrogen (secondary N) is 2. The summed E-state index contributed by atoms with van der Waals surface area (Å²) >= 11 is 5.95. The maximum atomic E-state index is 12.0. The molecular formula is C18H22ClN3O3S. The van der Waals surface area contributed by atoms with E-state index in [1.54, 1.807) is 18.2 Å². The van der Waals surface area contributed by atoms with Crippen molar-refractivity contribution in [2.75, 3.05) is 31.2 Å². The molecular weight excluding hydrogens is 374 g/mol. The summed E-state index contributed by atoms with van der Waals surface area (Å²) in [5, 5.41) is 5.97. The smallest absolute Gasteiger partial charge is 0.319 e. The quantitative estimate of drug-likeness (QED) is 0.721. The fourth-order valence-electron chi connectivity index (χ4n) is 2.38. The largest absolute Gasteiger partial charge is 0.337 e. The molecule has 0 aromatic heterocycles. The standard InChI is InChI=1S/C18H22ClN3O3S/c1-26(24,25)22(12-10-15-6-5-7-16(19)14-15)13-11-20-18(23)21-17-8-3-2-4-9-17/h2-9,14H,10-13H2,1H3,(H2,20,21,23). The van der Waals surface area contributed by atoms with E-state index in [2.05, 4.69) is 10.6 Å². The van der Waals surface area contributed by atoms with E-state index in [-0.39, 0.29) is 19.1 Å². The van der Waals surface area contributed by atoms with E-state index in [1.807, 2.05) is 36.4 Å². The van der Waals surface area contributed by atoms with Crippen molar-refractivity contribution in [3.05, 3.63) is 65.2 Å². The highest BCUT2D eigenvalue weighted by Gasteiger charge is 2.16. The molecule has 2 amide bonds. The first kappa shape index (κ1) is 20.2. The van der Waals surface area contributed by atoms with E-state index in [4.69, 9.17) is 11.6 Å². The lowest BCUT2D eigenvalue weighted by atomic mass is 10.1. The summed E-state index contributed by atoms with van der Waals surface area (Å²) < 4.78 is 25.3. The molecule has 0 radical (unpaired) electrons. The predicted octanol–water partition coefficient (Wildman–Crippen LogP) is 2.97. The van der Waals surface area contributed by atoms with Crippen LogP contribution in [0.5, 0.6) is 0 Å². The highest BCUT2D eigenvalue weighted by Crippen LogP contribution is 2.12. The van der Waals surface area contributed by atoms with Crippen LogP contribution < -0.4 is 10.6 Å². The first-order valence-electron chi connectivity index (χ1n) is 8.14. The summed E-state index contributed by atoms with van der Waals surface area (Å²) in [5.41, 5.74) is 1.63. The minimum Gasteiger partial charge on any atom is -0.337 e. The molecule has 0 spiro atoms. The Morgan fingerprint density at radius 3 is 2.46 bits per heavy atom. The molecule has 140 valence electrons. The molecule has 0 unspecified atom stereocenters. The third kappa shape index (κ3) is 7.03. The van der Waals surface area contributed by atoms with Gasteiger partial charge in [-0.2, -0.15) is 0 Å². The number of hydrogen-bond acceptors (Lipinski definition) is 3. The van der Waals surface area contributed by atoms with Crippen molar-refractivity contribution >= 4 is 33.3 Å². The number of carbonyl (C=O) groups is 1. The Bertz CT molecular complexity index is 829. The number of carbonyl (C=O) groups excluding carboxylic acids is 1. The van der Waals surface area contributed by atoms with Crippen molar-refractivity contribution in [1.82, 2.24) is 9.62 Å². The van der Waals surface area contributed by atoms with Gasteiger partial charge >= 0.3 is 6.03 Å². The predicted molar refractivity (Wildman–Crippen MR) is 105 cm³/mol. The van der Waals surface area contributed by atoms with Crippen LogP contribution in [0.3, 0.4) is 0 Å². The summed E-state index contributed by atoms with van der Waals surface area (Å²) in [6, 6.07) is 16.0. The van der Waals surface area contributed by atoms with E-state index in [0.29, 0.717) is 23.7 Å². The summed E-state index contributed by atoms with van der Waals surface area (Å²) in [6.07, 6.45) is 1.71. The van der Waals surface area contributed by atoms with Crippen molar-refractivity contribution in [2.24, 2.45) is 0 Å². The molecule has 0 atom stereocenters. The minimum absolute atomic E-state index is 0.196. The average Bonchev–Trinajstić information content (AvgIpc) is 2.57. The average molecular weight is 396 g/mol. The number of amides is 2. The fraction of sp³-hybridized carbons (Fsp3) is 0.278. The number of urea groups is 1. The van der Waals surface area contributed by atoms with Crippen molar-refractivity contribution < 1.29 is 13.2 Å². The van der Waals surface area contributed by atoms with Crippen LogP contribution in [0.15, 0.2) is 54.6 Å². The molecule has 0 bridgehead atoms. The topological polar surface area (TPSA) is 78.5 Å². The van der Waals surface area contributed by atoms with Crippen molar-refractivity contribution in [3.8, 4) is 0 Å². The van der Waals surface area contributed by atoms with Gasteiger partial charge in [-0.1, -0.05) is 41.9 Å². The lowest BCUT2D eigenvalue weighted by Gasteiger charge is -2.20. The second-order valence-corrected chi connectivity index (χ2v) is 8.21. The number of benzene rings is 2. The molecule has 0 aliphatic heterocycles. The number of rotatable bonds is 8. The van der Waals surface area contributed by atoms with Crippen LogP contribution in [-0.2, 0) is 16.4 Å².